The third-order valence-corrected chi connectivity index (χ3v) is 5.92. The minimum Gasteiger partial charge on any atom is -0.306 e. The van der Waals surface area contributed by atoms with Gasteiger partial charge in [-0.05, 0) is 63.0 Å². The first kappa shape index (κ1) is 20.3. The summed E-state index contributed by atoms with van der Waals surface area (Å²) in [5, 5.41) is 6.70. The minimum absolute atomic E-state index is 0. The molecule has 4 heterocycles. The number of nitrogens with zero attached hydrogens (tertiary/aromatic N) is 5. The highest BCUT2D eigenvalue weighted by Crippen LogP contribution is 2.26. The van der Waals surface area contributed by atoms with Crippen LogP contribution in [-0.2, 0) is 0 Å². The van der Waals surface area contributed by atoms with Crippen molar-refractivity contribution in [1.29, 1.82) is 0 Å². The van der Waals surface area contributed by atoms with E-state index < -0.39 is 0 Å². The lowest BCUT2D eigenvalue weighted by Crippen LogP contribution is -2.47. The van der Waals surface area contributed by atoms with Crippen molar-refractivity contribution >= 4 is 31.5 Å². The van der Waals surface area contributed by atoms with Crippen LogP contribution in [0.2, 0.25) is 0 Å². The van der Waals surface area contributed by atoms with Gasteiger partial charge in [-0.3, -0.25) is 14.7 Å². The first-order chi connectivity index (χ1) is 13.1. The fourth-order valence-electron chi connectivity index (χ4n) is 3.53. The molecule has 1 fully saturated rings. The van der Waals surface area contributed by atoms with Crippen molar-refractivity contribution in [1.82, 2.24) is 19.7 Å². The molecule has 4 rings (SSSR count). The molecule has 0 unspecified atom stereocenters. The van der Waals surface area contributed by atoms with Gasteiger partial charge in [0.05, 0.1) is 10.6 Å². The molecule has 3 radical (unpaired) electrons. The van der Waals surface area contributed by atoms with Crippen molar-refractivity contribution in [3.8, 4) is 5.69 Å². The Morgan fingerprint density at radius 2 is 2.04 bits per heavy atom. The maximum Gasteiger partial charge on any atom is 0.269 e. The number of aromatic nitrogens is 3. The zero-order chi connectivity index (χ0) is 18.8. The Bertz CT molecular complexity index is 918. The molecule has 1 aliphatic rings. The van der Waals surface area contributed by atoms with Crippen molar-refractivity contribution in [2.24, 2.45) is 0 Å². The van der Waals surface area contributed by atoms with Gasteiger partial charge in [-0.2, -0.15) is 0 Å². The second kappa shape index (κ2) is 8.71. The second-order valence-corrected chi connectivity index (χ2v) is 7.92. The van der Waals surface area contributed by atoms with Crippen LogP contribution in [0.1, 0.15) is 28.1 Å². The van der Waals surface area contributed by atoms with E-state index in [-0.39, 0.29) is 20.4 Å². The van der Waals surface area contributed by atoms with Crippen LogP contribution in [0.5, 0.6) is 0 Å². The summed E-state index contributed by atoms with van der Waals surface area (Å²) in [5.41, 5.74) is 2.02. The van der Waals surface area contributed by atoms with Gasteiger partial charge in [0, 0.05) is 39.1 Å². The molecule has 3 aromatic heterocycles. The molecule has 0 aromatic carbocycles. The molecule has 1 saturated heterocycles. The molecule has 8 heteroatoms. The molecule has 3 aromatic rings. The van der Waals surface area contributed by atoms with Crippen LogP contribution in [0.4, 0.5) is 5.82 Å². The van der Waals surface area contributed by atoms with Crippen LogP contribution in [0.15, 0.2) is 48.2 Å². The standard InChI is InChI=1S/C20H23N5OS.B/c1-15-14-21-9-5-17(15)24-12-8-19(22-24)25(16-6-10-23(2)11-7-16)20(26)18-4-3-13-27-18;/h3-5,8-9,12-14,16H,6-7,10-11H2,1-2H3;. The van der Waals surface area contributed by atoms with E-state index in [1.54, 1.807) is 6.20 Å². The average Bonchev–Trinajstić information content (AvgIpc) is 3.36. The number of anilines is 1. The maximum atomic E-state index is 13.3. The van der Waals surface area contributed by atoms with Crippen LogP contribution in [0.25, 0.3) is 5.69 Å². The minimum atomic E-state index is 0. The van der Waals surface area contributed by atoms with Gasteiger partial charge in [-0.1, -0.05) is 6.07 Å². The molecule has 0 N–H and O–H groups in total. The summed E-state index contributed by atoms with van der Waals surface area (Å²) >= 11 is 1.48. The van der Waals surface area contributed by atoms with Gasteiger partial charge in [-0.25, -0.2) is 4.68 Å². The van der Waals surface area contributed by atoms with Gasteiger partial charge in [-0.15, -0.1) is 16.4 Å². The highest BCUT2D eigenvalue weighted by Gasteiger charge is 2.31. The highest BCUT2D eigenvalue weighted by atomic mass is 32.1. The third-order valence-electron chi connectivity index (χ3n) is 5.06. The number of hydrogen-bond donors (Lipinski definition) is 0. The van der Waals surface area contributed by atoms with Crippen LogP contribution >= 0.6 is 11.3 Å². The number of aryl methyl sites for hydroxylation is 1. The average molecular weight is 392 g/mol. The number of hydrogen-bond acceptors (Lipinski definition) is 5. The van der Waals surface area contributed by atoms with Gasteiger partial charge < -0.3 is 4.90 Å². The molecule has 0 aliphatic carbocycles. The van der Waals surface area contributed by atoms with E-state index in [9.17, 15) is 4.79 Å². The predicted molar refractivity (Wildman–Crippen MR) is 113 cm³/mol. The Morgan fingerprint density at radius 3 is 2.71 bits per heavy atom. The summed E-state index contributed by atoms with van der Waals surface area (Å²) in [6, 6.07) is 7.84. The quantitative estimate of drug-likeness (QED) is 0.641. The normalized spacial score (nSPS) is 15.2. The van der Waals surface area contributed by atoms with Crippen molar-refractivity contribution < 1.29 is 4.79 Å². The third kappa shape index (κ3) is 4.03. The van der Waals surface area contributed by atoms with E-state index in [4.69, 9.17) is 5.10 Å². The van der Waals surface area contributed by atoms with E-state index in [1.807, 2.05) is 58.5 Å². The topological polar surface area (TPSA) is 54.3 Å². The van der Waals surface area contributed by atoms with E-state index in [2.05, 4.69) is 16.9 Å². The number of pyridine rings is 1. The molecule has 0 bridgehead atoms. The van der Waals surface area contributed by atoms with E-state index in [0.717, 1.165) is 42.1 Å². The lowest BCUT2D eigenvalue weighted by Gasteiger charge is -2.36. The monoisotopic (exact) mass is 392 g/mol. The van der Waals surface area contributed by atoms with Crippen LogP contribution < -0.4 is 4.90 Å². The first-order valence-electron chi connectivity index (χ1n) is 9.16. The van der Waals surface area contributed by atoms with Crippen molar-refractivity contribution in [2.75, 3.05) is 25.0 Å². The molecular weight excluding hydrogens is 369 g/mol. The Kier molecular flexibility index (Phi) is 6.31. The Labute approximate surface area is 171 Å². The Hall–Kier alpha value is -2.45. The first-order valence-corrected chi connectivity index (χ1v) is 10.0. The zero-order valence-electron chi connectivity index (χ0n) is 16.2. The summed E-state index contributed by atoms with van der Waals surface area (Å²) in [5.74, 6) is 0.746. The van der Waals surface area contributed by atoms with Crippen LogP contribution in [0, 0.1) is 6.92 Å². The second-order valence-electron chi connectivity index (χ2n) is 6.97. The largest absolute Gasteiger partial charge is 0.306 e. The van der Waals surface area contributed by atoms with Crippen LogP contribution in [0.3, 0.4) is 0 Å². The molecule has 28 heavy (non-hydrogen) atoms. The van der Waals surface area contributed by atoms with Gasteiger partial charge in [0.25, 0.3) is 5.91 Å². The summed E-state index contributed by atoms with van der Waals surface area (Å²) in [6.45, 7) is 3.99. The van der Waals surface area contributed by atoms with Gasteiger partial charge in [0.2, 0.25) is 0 Å². The molecule has 0 atom stereocenters. The lowest BCUT2D eigenvalue weighted by molar-refractivity contribution is 0.0966. The van der Waals surface area contributed by atoms with Crippen molar-refractivity contribution in [3.63, 3.8) is 0 Å². The molecule has 1 amide bonds. The fraction of sp³-hybridized carbons (Fsp3) is 0.350. The summed E-state index contributed by atoms with van der Waals surface area (Å²) in [6.07, 6.45) is 7.41. The molecule has 0 spiro atoms. The number of piperidine rings is 1. The Morgan fingerprint density at radius 1 is 1.25 bits per heavy atom. The van der Waals surface area contributed by atoms with Gasteiger partial charge >= 0.3 is 0 Å². The summed E-state index contributed by atoms with van der Waals surface area (Å²) in [7, 11) is 2.13. The molecule has 6 nitrogen and oxygen atoms in total. The smallest absolute Gasteiger partial charge is 0.269 e. The SMILES string of the molecule is Cc1cnccc1-n1ccc(N(C(=O)c2cccs2)C2CCN(C)CC2)n1.[B]. The number of amides is 1. The number of rotatable bonds is 4. The summed E-state index contributed by atoms with van der Waals surface area (Å²) in [4.78, 5) is 22.4. The molecule has 1 aliphatic heterocycles. The number of likely N-dealkylation sites (tertiary alicyclic amines) is 1. The van der Waals surface area contributed by atoms with Crippen molar-refractivity contribution in [3.05, 3.63) is 58.7 Å². The molecular formula is C20H23BN5OS. The lowest BCUT2D eigenvalue weighted by atomic mass is 10.0. The van der Waals surface area contributed by atoms with Crippen LogP contribution in [-0.4, -0.2) is 60.2 Å². The van der Waals surface area contributed by atoms with E-state index >= 15 is 0 Å². The van der Waals surface area contributed by atoms with Crippen molar-refractivity contribution in [2.45, 2.75) is 25.8 Å². The van der Waals surface area contributed by atoms with E-state index in [1.165, 1.54) is 11.3 Å². The Balaban J connectivity index is 0.00000225. The maximum absolute atomic E-state index is 13.3. The zero-order valence-corrected chi connectivity index (χ0v) is 17.0. The predicted octanol–water partition coefficient (Wildman–Crippen LogP) is 3.00. The highest BCUT2D eigenvalue weighted by molar-refractivity contribution is 7.12. The van der Waals surface area contributed by atoms with Gasteiger partial charge in [0.15, 0.2) is 5.82 Å². The number of carbonyl (C=O) groups excluding carboxylic acids is 1. The number of carbonyl (C=O) groups is 1. The number of thiophene rings is 1. The molecule has 0 saturated carbocycles. The van der Waals surface area contributed by atoms with Gasteiger partial charge in [0.1, 0.15) is 0 Å². The van der Waals surface area contributed by atoms with E-state index in [0.29, 0.717) is 5.82 Å². The summed E-state index contributed by atoms with van der Waals surface area (Å²) < 4.78 is 1.83. The fourth-order valence-corrected chi connectivity index (χ4v) is 4.19. The molecule has 143 valence electrons.